The molecule has 3 heterocycles. The molecular formula is C24H32N6O3. The van der Waals surface area contributed by atoms with Crippen LogP contribution in [0.2, 0.25) is 0 Å². The highest BCUT2D eigenvalue weighted by Crippen LogP contribution is 2.31. The van der Waals surface area contributed by atoms with E-state index in [1.807, 2.05) is 43.0 Å². The molecular weight excluding hydrogens is 420 g/mol. The van der Waals surface area contributed by atoms with E-state index in [1.165, 1.54) is 0 Å². The smallest absolute Gasteiger partial charge is 0.319 e. The maximum atomic E-state index is 12.4. The first-order valence-corrected chi connectivity index (χ1v) is 11.7. The number of nitrogens with one attached hydrogen (secondary N) is 2. The van der Waals surface area contributed by atoms with Gasteiger partial charge >= 0.3 is 6.03 Å². The first kappa shape index (κ1) is 23.0. The number of carbonyl (C=O) groups excluding carboxylic acids is 2. The maximum absolute atomic E-state index is 12.4. The molecule has 3 amide bonds. The van der Waals surface area contributed by atoms with Gasteiger partial charge in [-0.15, -0.1) is 0 Å². The predicted octanol–water partition coefficient (Wildman–Crippen LogP) is 2.80. The zero-order chi connectivity index (χ0) is 23.4. The van der Waals surface area contributed by atoms with E-state index >= 15 is 0 Å². The lowest BCUT2D eigenvalue weighted by molar-refractivity contribution is -0.131. The number of hydrogen-bond acceptors (Lipinski definition) is 6. The van der Waals surface area contributed by atoms with Crippen molar-refractivity contribution in [1.29, 1.82) is 0 Å². The quantitative estimate of drug-likeness (QED) is 0.724. The molecule has 9 heteroatoms. The van der Waals surface area contributed by atoms with Crippen molar-refractivity contribution in [2.24, 2.45) is 0 Å². The Morgan fingerprint density at radius 3 is 2.64 bits per heavy atom. The summed E-state index contributed by atoms with van der Waals surface area (Å²) in [5.41, 5.74) is 3.60. The summed E-state index contributed by atoms with van der Waals surface area (Å²) in [6.07, 6.45) is 1.23. The van der Waals surface area contributed by atoms with E-state index in [0.717, 1.165) is 35.6 Å². The Bertz CT molecular complexity index is 1010. The highest BCUT2D eigenvalue weighted by molar-refractivity contribution is 5.89. The van der Waals surface area contributed by atoms with Crippen LogP contribution >= 0.6 is 0 Å². The summed E-state index contributed by atoms with van der Waals surface area (Å²) in [5, 5.41) is 5.53. The van der Waals surface area contributed by atoms with E-state index in [9.17, 15) is 9.59 Å². The molecule has 1 saturated heterocycles. The molecule has 2 aromatic rings. The fourth-order valence-corrected chi connectivity index (χ4v) is 4.29. The molecule has 176 valence electrons. The topological polar surface area (TPSA) is 99.7 Å². The molecule has 1 aromatic carbocycles. The van der Waals surface area contributed by atoms with E-state index in [2.05, 4.69) is 22.5 Å². The Balaban J connectivity index is 1.69. The van der Waals surface area contributed by atoms with Gasteiger partial charge in [0, 0.05) is 42.9 Å². The summed E-state index contributed by atoms with van der Waals surface area (Å²) < 4.78 is 5.64. The summed E-state index contributed by atoms with van der Waals surface area (Å²) in [5.74, 6) is 1.71. The molecule has 33 heavy (non-hydrogen) atoms. The van der Waals surface area contributed by atoms with Crippen LogP contribution < -0.4 is 15.5 Å². The second-order valence-electron chi connectivity index (χ2n) is 8.39. The molecule has 1 aromatic heterocycles. The number of nitrogens with zero attached hydrogens (tertiary/aromatic N) is 4. The zero-order valence-corrected chi connectivity index (χ0v) is 19.6. The van der Waals surface area contributed by atoms with E-state index in [1.54, 1.807) is 0 Å². The number of rotatable bonds is 5. The van der Waals surface area contributed by atoms with Crippen molar-refractivity contribution >= 4 is 23.4 Å². The second-order valence-corrected chi connectivity index (χ2v) is 8.39. The van der Waals surface area contributed by atoms with Gasteiger partial charge in [-0.25, -0.2) is 14.8 Å². The van der Waals surface area contributed by atoms with Crippen molar-refractivity contribution in [2.45, 2.75) is 46.2 Å². The third-order valence-corrected chi connectivity index (χ3v) is 6.08. The molecule has 2 aliphatic rings. The maximum Gasteiger partial charge on any atom is 0.319 e. The van der Waals surface area contributed by atoms with Crippen LogP contribution in [0.4, 0.5) is 16.3 Å². The van der Waals surface area contributed by atoms with E-state index in [4.69, 9.17) is 14.7 Å². The minimum absolute atomic E-state index is 0.142. The number of fused-ring (bicyclic) bond motifs is 1. The molecule has 1 atom stereocenters. The molecule has 0 unspecified atom stereocenters. The van der Waals surface area contributed by atoms with Crippen molar-refractivity contribution in [3.63, 3.8) is 0 Å². The number of hydrogen-bond donors (Lipinski definition) is 2. The summed E-state index contributed by atoms with van der Waals surface area (Å²) >= 11 is 0. The lowest BCUT2D eigenvalue weighted by Crippen LogP contribution is -2.45. The van der Waals surface area contributed by atoms with Crippen LogP contribution in [0.15, 0.2) is 24.3 Å². The highest BCUT2D eigenvalue weighted by Gasteiger charge is 2.29. The summed E-state index contributed by atoms with van der Waals surface area (Å²) in [6.45, 7) is 9.76. The Hall–Kier alpha value is -3.20. The average molecular weight is 453 g/mol. The Morgan fingerprint density at radius 1 is 1.15 bits per heavy atom. The lowest BCUT2D eigenvalue weighted by Gasteiger charge is -2.37. The highest BCUT2D eigenvalue weighted by atomic mass is 16.5. The van der Waals surface area contributed by atoms with Gasteiger partial charge in [-0.2, -0.15) is 0 Å². The van der Waals surface area contributed by atoms with Crippen molar-refractivity contribution in [3.05, 3.63) is 35.5 Å². The second kappa shape index (κ2) is 10.2. The average Bonchev–Trinajstić information content (AvgIpc) is 2.83. The molecule has 2 N–H and O–H groups in total. The molecule has 0 aliphatic carbocycles. The van der Waals surface area contributed by atoms with Crippen LogP contribution in [-0.4, -0.2) is 65.7 Å². The van der Waals surface area contributed by atoms with Crippen molar-refractivity contribution in [2.75, 3.05) is 43.1 Å². The van der Waals surface area contributed by atoms with E-state index in [0.29, 0.717) is 50.8 Å². The largest absolute Gasteiger partial charge is 0.377 e. The third kappa shape index (κ3) is 5.08. The number of anilines is 2. The number of morpholine rings is 1. The first-order valence-electron chi connectivity index (χ1n) is 11.7. The predicted molar refractivity (Wildman–Crippen MR) is 127 cm³/mol. The van der Waals surface area contributed by atoms with Crippen LogP contribution in [0.1, 0.15) is 38.4 Å². The molecule has 0 saturated carbocycles. The fourth-order valence-electron chi connectivity index (χ4n) is 4.29. The molecule has 9 nitrogen and oxygen atoms in total. The Kier molecular flexibility index (Phi) is 7.08. The Labute approximate surface area is 194 Å². The van der Waals surface area contributed by atoms with E-state index in [-0.39, 0.29) is 18.0 Å². The number of benzene rings is 1. The SMILES string of the molecule is CCNC(=O)Nc1ccc(-c2nc3c(c(N4CCOC[C@@H]4C)n2)CCN(C(=O)CC)C3)cc1. The summed E-state index contributed by atoms with van der Waals surface area (Å²) in [4.78, 5) is 38.2. The molecule has 0 bridgehead atoms. The molecule has 1 fully saturated rings. The third-order valence-electron chi connectivity index (χ3n) is 6.08. The number of urea groups is 1. The standard InChI is InChI=1S/C24H32N6O3/c1-4-21(31)29-11-10-19-20(14-29)27-22(28-23(19)30-12-13-33-15-16(30)3)17-6-8-18(9-7-17)26-24(32)25-5-2/h6-9,16H,4-5,10-15H2,1-3H3,(H2,25,26,32)/t16-/m0/s1. The molecule has 2 aliphatic heterocycles. The number of carbonyl (C=O) groups is 2. The first-order chi connectivity index (χ1) is 16.0. The van der Waals surface area contributed by atoms with Gasteiger partial charge in [-0.1, -0.05) is 6.92 Å². The van der Waals surface area contributed by atoms with Crippen LogP contribution in [0.25, 0.3) is 11.4 Å². The monoisotopic (exact) mass is 452 g/mol. The number of amides is 3. The minimum atomic E-state index is -0.237. The van der Waals surface area contributed by atoms with Gasteiger partial charge in [0.25, 0.3) is 0 Å². The molecule has 0 radical (unpaired) electrons. The number of aromatic nitrogens is 2. The fraction of sp³-hybridized carbons (Fsp3) is 0.500. The zero-order valence-electron chi connectivity index (χ0n) is 19.6. The van der Waals surface area contributed by atoms with Crippen molar-refractivity contribution in [3.8, 4) is 11.4 Å². The van der Waals surface area contributed by atoms with Crippen LogP contribution in [0.5, 0.6) is 0 Å². The molecule has 0 spiro atoms. The van der Waals surface area contributed by atoms with Crippen LogP contribution in [0.3, 0.4) is 0 Å². The van der Waals surface area contributed by atoms with Crippen molar-refractivity contribution < 1.29 is 14.3 Å². The van der Waals surface area contributed by atoms with Gasteiger partial charge in [-0.05, 0) is 44.5 Å². The van der Waals surface area contributed by atoms with Gasteiger partial charge in [0.05, 0.1) is 31.5 Å². The lowest BCUT2D eigenvalue weighted by atomic mass is 10.0. The van der Waals surface area contributed by atoms with Crippen molar-refractivity contribution in [1.82, 2.24) is 20.2 Å². The van der Waals surface area contributed by atoms with Crippen LogP contribution in [0, 0.1) is 0 Å². The minimum Gasteiger partial charge on any atom is -0.377 e. The summed E-state index contributed by atoms with van der Waals surface area (Å²) in [7, 11) is 0. The molecule has 4 rings (SSSR count). The van der Waals surface area contributed by atoms with Gasteiger partial charge in [0.1, 0.15) is 5.82 Å². The van der Waals surface area contributed by atoms with Crippen LogP contribution in [-0.2, 0) is 22.5 Å². The van der Waals surface area contributed by atoms with Gasteiger partial charge in [0.15, 0.2) is 5.82 Å². The van der Waals surface area contributed by atoms with Gasteiger partial charge in [0.2, 0.25) is 5.91 Å². The van der Waals surface area contributed by atoms with Gasteiger partial charge < -0.3 is 25.2 Å². The Morgan fingerprint density at radius 2 is 1.94 bits per heavy atom. The number of ether oxygens (including phenoxy) is 1. The van der Waals surface area contributed by atoms with E-state index < -0.39 is 0 Å². The van der Waals surface area contributed by atoms with Gasteiger partial charge in [-0.3, -0.25) is 4.79 Å². The normalized spacial score (nSPS) is 18.0. The summed E-state index contributed by atoms with van der Waals surface area (Å²) in [6, 6.07) is 7.49.